The number of rotatable bonds is 7. The molecule has 0 saturated heterocycles. The average Bonchev–Trinajstić information content (AvgIpc) is 3.43. The maximum Gasteiger partial charge on any atom is 0.224 e. The Hall–Kier alpha value is -4.86. The molecule has 5 aromatic rings. The quantitative estimate of drug-likeness (QED) is 0.325. The molecular weight excluding hydrogens is 456 g/mol. The number of nitrogen functional groups attached to an aromatic ring is 1. The number of carbonyl (C=O) groups excluding carboxylic acids is 1. The van der Waals surface area contributed by atoms with E-state index in [9.17, 15) is 9.59 Å². The third kappa shape index (κ3) is 4.43. The Morgan fingerprint density at radius 3 is 2.61 bits per heavy atom. The van der Waals surface area contributed by atoms with Crippen LogP contribution < -0.4 is 16.5 Å². The fraction of sp³-hybridized carbons (Fsp3) is 0.154. The first kappa shape index (κ1) is 22.9. The number of nitrogens with two attached hydrogens (primary N) is 1. The lowest BCUT2D eigenvalue weighted by Gasteiger charge is -2.15. The number of H-pyrrole nitrogens is 1. The topological polar surface area (TPSA) is 144 Å². The zero-order valence-electron chi connectivity index (χ0n) is 19.6. The lowest BCUT2D eigenvalue weighted by atomic mass is 10.1. The SMILES string of the molecule is CCn1c(N)c(-c2ncc[nH]2)c(=O)c2ccc(-c3ccc(CC(=O)NCc4cnccn4)cc3)nc21. The number of aryl methyl sites for hydroxylation is 1. The Bertz CT molecular complexity index is 1580. The number of aromatic nitrogens is 6. The lowest BCUT2D eigenvalue weighted by molar-refractivity contribution is -0.120. The summed E-state index contributed by atoms with van der Waals surface area (Å²) in [6, 6.07) is 11.2. The van der Waals surface area contributed by atoms with Crippen LogP contribution in [0.3, 0.4) is 0 Å². The number of pyridine rings is 2. The molecule has 4 N–H and O–H groups in total. The number of hydrogen-bond donors (Lipinski definition) is 3. The van der Waals surface area contributed by atoms with Crippen LogP contribution in [-0.4, -0.2) is 35.4 Å². The van der Waals surface area contributed by atoms with E-state index in [1.54, 1.807) is 37.1 Å². The molecule has 36 heavy (non-hydrogen) atoms. The molecule has 0 bridgehead atoms. The van der Waals surface area contributed by atoms with E-state index in [1.807, 2.05) is 41.8 Å². The van der Waals surface area contributed by atoms with Crippen LogP contribution in [-0.2, 0) is 24.3 Å². The monoisotopic (exact) mass is 480 g/mol. The van der Waals surface area contributed by atoms with Gasteiger partial charge in [0.2, 0.25) is 11.3 Å². The van der Waals surface area contributed by atoms with Crippen LogP contribution in [0.15, 0.2) is 72.2 Å². The molecule has 0 aliphatic carbocycles. The van der Waals surface area contributed by atoms with Crippen molar-refractivity contribution < 1.29 is 4.79 Å². The second-order valence-electron chi connectivity index (χ2n) is 8.19. The first-order valence-electron chi connectivity index (χ1n) is 11.5. The minimum atomic E-state index is -0.218. The molecule has 10 nitrogen and oxygen atoms in total. The van der Waals surface area contributed by atoms with Gasteiger partial charge in [0.1, 0.15) is 22.9 Å². The van der Waals surface area contributed by atoms with Crippen LogP contribution in [0.1, 0.15) is 18.2 Å². The molecule has 5 rings (SSSR count). The Morgan fingerprint density at radius 2 is 1.92 bits per heavy atom. The van der Waals surface area contributed by atoms with Gasteiger partial charge in [0, 0.05) is 36.9 Å². The summed E-state index contributed by atoms with van der Waals surface area (Å²) in [5.41, 5.74) is 10.2. The second-order valence-corrected chi connectivity index (χ2v) is 8.19. The van der Waals surface area contributed by atoms with Crippen molar-refractivity contribution in [2.45, 2.75) is 26.4 Å². The van der Waals surface area contributed by atoms with Gasteiger partial charge < -0.3 is 20.6 Å². The summed E-state index contributed by atoms with van der Waals surface area (Å²) in [6.45, 7) is 2.82. The first-order valence-corrected chi connectivity index (χ1v) is 11.5. The Kier molecular flexibility index (Phi) is 6.23. The lowest BCUT2D eigenvalue weighted by Crippen LogP contribution is -2.25. The zero-order valence-corrected chi connectivity index (χ0v) is 19.6. The maximum absolute atomic E-state index is 13.2. The molecule has 0 atom stereocenters. The molecule has 0 saturated carbocycles. The molecule has 1 amide bonds. The summed E-state index contributed by atoms with van der Waals surface area (Å²) in [6.07, 6.45) is 8.28. The van der Waals surface area contributed by atoms with Gasteiger partial charge in [0.25, 0.3) is 0 Å². The number of nitrogens with one attached hydrogen (secondary N) is 2. The number of fused-ring (bicyclic) bond motifs is 1. The predicted octanol–water partition coefficient (Wildman–Crippen LogP) is 2.70. The molecule has 0 aliphatic rings. The minimum Gasteiger partial charge on any atom is -0.384 e. The molecule has 0 fully saturated rings. The molecule has 0 radical (unpaired) electrons. The highest BCUT2D eigenvalue weighted by Gasteiger charge is 2.19. The van der Waals surface area contributed by atoms with E-state index in [1.165, 1.54) is 0 Å². The maximum atomic E-state index is 13.2. The molecular formula is C26H24N8O2. The smallest absolute Gasteiger partial charge is 0.224 e. The third-order valence-corrected chi connectivity index (χ3v) is 5.90. The van der Waals surface area contributed by atoms with Gasteiger partial charge in [-0.05, 0) is 24.6 Å². The van der Waals surface area contributed by atoms with E-state index >= 15 is 0 Å². The normalized spacial score (nSPS) is 11.0. The highest BCUT2D eigenvalue weighted by molar-refractivity contribution is 5.87. The van der Waals surface area contributed by atoms with Gasteiger partial charge in [0.15, 0.2) is 0 Å². The van der Waals surface area contributed by atoms with Crippen LogP contribution in [0, 0.1) is 0 Å². The van der Waals surface area contributed by atoms with E-state index in [4.69, 9.17) is 10.7 Å². The number of anilines is 1. The zero-order chi connectivity index (χ0) is 25.1. The molecule has 0 aliphatic heterocycles. The molecule has 4 heterocycles. The standard InChI is InChI=1S/C26H24N8O2/c1-2-34-24(27)22(25-30-11-12-31-25)23(36)19-7-8-20(33-26(19)34)17-5-3-16(4-6-17)13-21(35)32-15-18-14-28-9-10-29-18/h3-12,14H,2,13,15,27H2,1H3,(H,30,31)(H,32,35). The molecule has 1 aromatic carbocycles. The fourth-order valence-electron chi connectivity index (χ4n) is 4.09. The van der Waals surface area contributed by atoms with Crippen LogP contribution in [0.2, 0.25) is 0 Å². The second kappa shape index (κ2) is 9.79. The number of imidazole rings is 1. The van der Waals surface area contributed by atoms with Crippen LogP contribution in [0.5, 0.6) is 0 Å². The Labute approximate surface area is 206 Å². The molecule has 0 spiro atoms. The number of amides is 1. The summed E-state index contributed by atoms with van der Waals surface area (Å²) < 4.78 is 1.81. The highest BCUT2D eigenvalue weighted by atomic mass is 16.1. The van der Waals surface area contributed by atoms with Gasteiger partial charge in [-0.25, -0.2) is 9.97 Å². The van der Waals surface area contributed by atoms with E-state index in [0.717, 1.165) is 11.1 Å². The van der Waals surface area contributed by atoms with E-state index < -0.39 is 0 Å². The molecule has 180 valence electrons. The summed E-state index contributed by atoms with van der Waals surface area (Å²) in [5, 5.41) is 3.32. The van der Waals surface area contributed by atoms with Crippen molar-refractivity contribution >= 4 is 22.8 Å². The number of hydrogen-bond acceptors (Lipinski definition) is 7. The van der Waals surface area contributed by atoms with Gasteiger partial charge in [-0.1, -0.05) is 24.3 Å². The van der Waals surface area contributed by atoms with Crippen molar-refractivity contribution in [1.29, 1.82) is 0 Å². The van der Waals surface area contributed by atoms with Gasteiger partial charge in [0.05, 0.1) is 35.9 Å². The molecule has 4 aromatic heterocycles. The summed E-state index contributed by atoms with van der Waals surface area (Å²) in [7, 11) is 0. The fourth-order valence-corrected chi connectivity index (χ4v) is 4.09. The van der Waals surface area contributed by atoms with Crippen molar-refractivity contribution in [3.05, 3.63) is 88.9 Å². The Morgan fingerprint density at radius 1 is 1.08 bits per heavy atom. The summed E-state index contributed by atoms with van der Waals surface area (Å²) in [4.78, 5) is 45.6. The average molecular weight is 481 g/mol. The first-order chi connectivity index (χ1) is 17.5. The number of aromatic amines is 1. The molecule has 0 unspecified atom stereocenters. The van der Waals surface area contributed by atoms with E-state index in [0.29, 0.717) is 52.7 Å². The van der Waals surface area contributed by atoms with Gasteiger partial charge in [-0.2, -0.15) is 0 Å². The summed E-state index contributed by atoms with van der Waals surface area (Å²) in [5.74, 6) is 0.645. The Balaban J connectivity index is 1.39. The highest BCUT2D eigenvalue weighted by Crippen LogP contribution is 2.26. The number of benzene rings is 1. The van der Waals surface area contributed by atoms with Gasteiger partial charge in [-0.3, -0.25) is 19.6 Å². The van der Waals surface area contributed by atoms with Crippen LogP contribution in [0.25, 0.3) is 33.7 Å². The largest absolute Gasteiger partial charge is 0.384 e. The number of carbonyl (C=O) groups is 1. The summed E-state index contributed by atoms with van der Waals surface area (Å²) >= 11 is 0. The predicted molar refractivity (Wildman–Crippen MR) is 137 cm³/mol. The van der Waals surface area contributed by atoms with Crippen molar-refractivity contribution in [2.24, 2.45) is 0 Å². The third-order valence-electron chi connectivity index (χ3n) is 5.90. The van der Waals surface area contributed by atoms with Gasteiger partial charge in [-0.15, -0.1) is 0 Å². The van der Waals surface area contributed by atoms with Crippen LogP contribution in [0.4, 0.5) is 5.82 Å². The van der Waals surface area contributed by atoms with E-state index in [-0.39, 0.29) is 17.8 Å². The van der Waals surface area contributed by atoms with Crippen molar-refractivity contribution in [3.63, 3.8) is 0 Å². The van der Waals surface area contributed by atoms with Crippen molar-refractivity contribution in [3.8, 4) is 22.6 Å². The van der Waals surface area contributed by atoms with E-state index in [2.05, 4.69) is 25.3 Å². The van der Waals surface area contributed by atoms with Crippen LogP contribution >= 0.6 is 0 Å². The number of nitrogens with zero attached hydrogens (tertiary/aromatic N) is 5. The minimum absolute atomic E-state index is 0.105. The van der Waals surface area contributed by atoms with Gasteiger partial charge >= 0.3 is 0 Å². The van der Waals surface area contributed by atoms with Crippen molar-refractivity contribution in [1.82, 2.24) is 34.8 Å². The van der Waals surface area contributed by atoms with Crippen molar-refractivity contribution in [2.75, 3.05) is 5.73 Å². The molecule has 10 heteroatoms.